The lowest BCUT2D eigenvalue weighted by molar-refractivity contribution is 0.0728. The summed E-state index contributed by atoms with van der Waals surface area (Å²) in [5, 5.41) is 2.92. The van der Waals surface area contributed by atoms with E-state index in [1.165, 1.54) is 17.7 Å². The van der Waals surface area contributed by atoms with E-state index in [0.29, 0.717) is 11.3 Å². The lowest BCUT2D eigenvalue weighted by Crippen LogP contribution is -2.43. The summed E-state index contributed by atoms with van der Waals surface area (Å²) in [5.74, 6) is 0.402. The Kier molecular flexibility index (Phi) is 5.21. The molecule has 4 rings (SSSR count). The molecule has 140 valence electrons. The van der Waals surface area contributed by atoms with Crippen LogP contribution in [0.3, 0.4) is 0 Å². The van der Waals surface area contributed by atoms with Gasteiger partial charge in [0.05, 0.1) is 5.56 Å². The zero-order valence-corrected chi connectivity index (χ0v) is 15.2. The van der Waals surface area contributed by atoms with Crippen molar-refractivity contribution in [2.45, 2.75) is 25.5 Å². The van der Waals surface area contributed by atoms with E-state index >= 15 is 0 Å². The first-order valence-corrected chi connectivity index (χ1v) is 9.43. The first-order valence-electron chi connectivity index (χ1n) is 9.43. The molecule has 2 heterocycles. The molecule has 2 aromatic carbocycles. The molecular formula is C22H23FN2O2. The van der Waals surface area contributed by atoms with Crippen LogP contribution in [0.15, 0.2) is 54.6 Å². The van der Waals surface area contributed by atoms with Crippen LogP contribution in [-0.4, -0.2) is 36.7 Å². The highest BCUT2D eigenvalue weighted by atomic mass is 19.1. The number of para-hydroxylation sites is 1. The number of nitrogens with zero attached hydrogens (tertiary/aromatic N) is 1. The average molecular weight is 366 g/mol. The SMILES string of the molecule is O=C1NC(CCCN2CC=C(c3ccc(F)cc3)CC2)Oc2ccccc21. The Morgan fingerprint density at radius 1 is 1.15 bits per heavy atom. The average Bonchev–Trinajstić information content (AvgIpc) is 2.69. The Bertz CT molecular complexity index is 848. The number of ether oxygens (including phenoxy) is 1. The molecule has 1 N–H and O–H groups in total. The third kappa shape index (κ3) is 4.19. The Hall–Kier alpha value is -2.66. The van der Waals surface area contributed by atoms with E-state index in [9.17, 15) is 9.18 Å². The molecule has 2 aliphatic rings. The first-order chi connectivity index (χ1) is 13.2. The Labute approximate surface area is 158 Å². The molecule has 0 saturated carbocycles. The van der Waals surface area contributed by atoms with Crippen molar-refractivity contribution in [3.05, 3.63) is 71.6 Å². The van der Waals surface area contributed by atoms with E-state index in [1.54, 1.807) is 6.07 Å². The molecule has 27 heavy (non-hydrogen) atoms. The van der Waals surface area contributed by atoms with Gasteiger partial charge in [-0.25, -0.2) is 4.39 Å². The van der Waals surface area contributed by atoms with Gasteiger partial charge in [-0.2, -0.15) is 0 Å². The molecule has 0 aliphatic carbocycles. The summed E-state index contributed by atoms with van der Waals surface area (Å²) in [7, 11) is 0. The fraction of sp³-hybridized carbons (Fsp3) is 0.318. The van der Waals surface area contributed by atoms with E-state index in [2.05, 4.69) is 16.3 Å². The number of amides is 1. The fourth-order valence-corrected chi connectivity index (χ4v) is 3.64. The van der Waals surface area contributed by atoms with Crippen molar-refractivity contribution in [2.24, 2.45) is 0 Å². The van der Waals surface area contributed by atoms with Crippen molar-refractivity contribution in [3.8, 4) is 5.75 Å². The molecule has 1 amide bonds. The smallest absolute Gasteiger partial charge is 0.257 e. The third-order valence-electron chi connectivity index (χ3n) is 5.14. The largest absolute Gasteiger partial charge is 0.470 e. The fourth-order valence-electron chi connectivity index (χ4n) is 3.64. The summed E-state index contributed by atoms with van der Waals surface area (Å²) in [4.78, 5) is 14.5. The predicted molar refractivity (Wildman–Crippen MR) is 103 cm³/mol. The van der Waals surface area contributed by atoms with Crippen molar-refractivity contribution in [2.75, 3.05) is 19.6 Å². The number of benzene rings is 2. The van der Waals surface area contributed by atoms with Crippen LogP contribution in [0, 0.1) is 5.82 Å². The van der Waals surface area contributed by atoms with Gasteiger partial charge in [0.2, 0.25) is 0 Å². The van der Waals surface area contributed by atoms with Crippen molar-refractivity contribution < 1.29 is 13.9 Å². The third-order valence-corrected chi connectivity index (χ3v) is 5.14. The van der Waals surface area contributed by atoms with Gasteiger partial charge >= 0.3 is 0 Å². The van der Waals surface area contributed by atoms with Crippen LogP contribution in [0.25, 0.3) is 5.57 Å². The highest BCUT2D eigenvalue weighted by Gasteiger charge is 2.24. The van der Waals surface area contributed by atoms with Gasteiger partial charge in [0.15, 0.2) is 6.23 Å². The zero-order chi connectivity index (χ0) is 18.6. The molecule has 2 aliphatic heterocycles. The minimum Gasteiger partial charge on any atom is -0.470 e. The van der Waals surface area contributed by atoms with Crippen LogP contribution in [0.2, 0.25) is 0 Å². The molecule has 0 radical (unpaired) electrons. The highest BCUT2D eigenvalue weighted by molar-refractivity contribution is 5.97. The molecule has 0 saturated heterocycles. The van der Waals surface area contributed by atoms with E-state index in [-0.39, 0.29) is 18.0 Å². The first kappa shape index (κ1) is 17.7. The predicted octanol–water partition coefficient (Wildman–Crippen LogP) is 3.84. The molecule has 0 bridgehead atoms. The van der Waals surface area contributed by atoms with E-state index in [1.807, 2.05) is 30.3 Å². The van der Waals surface area contributed by atoms with Crippen LogP contribution >= 0.6 is 0 Å². The molecule has 1 atom stereocenters. The summed E-state index contributed by atoms with van der Waals surface area (Å²) < 4.78 is 18.9. The second-order valence-corrected chi connectivity index (χ2v) is 7.01. The number of hydrogen-bond acceptors (Lipinski definition) is 3. The van der Waals surface area contributed by atoms with E-state index < -0.39 is 0 Å². The summed E-state index contributed by atoms with van der Waals surface area (Å²) in [6.07, 6.45) is 4.67. The summed E-state index contributed by atoms with van der Waals surface area (Å²) in [5.41, 5.74) is 2.99. The Balaban J connectivity index is 1.25. The molecule has 0 aromatic heterocycles. The molecule has 1 unspecified atom stereocenters. The zero-order valence-electron chi connectivity index (χ0n) is 15.2. The molecule has 0 spiro atoms. The highest BCUT2D eigenvalue weighted by Crippen LogP contribution is 2.25. The molecule has 0 fully saturated rings. The maximum absolute atomic E-state index is 13.1. The molecule has 2 aromatic rings. The van der Waals surface area contributed by atoms with Crippen LogP contribution in [0.5, 0.6) is 5.75 Å². The topological polar surface area (TPSA) is 41.6 Å². The molecular weight excluding hydrogens is 343 g/mol. The van der Waals surface area contributed by atoms with Crippen molar-refractivity contribution in [1.29, 1.82) is 0 Å². The van der Waals surface area contributed by atoms with Crippen LogP contribution in [0.1, 0.15) is 35.2 Å². The van der Waals surface area contributed by atoms with Gasteiger partial charge in [-0.15, -0.1) is 0 Å². The van der Waals surface area contributed by atoms with Crippen LogP contribution in [-0.2, 0) is 0 Å². The number of halogens is 1. The Morgan fingerprint density at radius 2 is 1.96 bits per heavy atom. The van der Waals surface area contributed by atoms with Crippen molar-refractivity contribution in [3.63, 3.8) is 0 Å². The van der Waals surface area contributed by atoms with Gasteiger partial charge in [0.1, 0.15) is 11.6 Å². The number of carbonyl (C=O) groups excluding carboxylic acids is 1. The number of nitrogens with one attached hydrogen (secondary N) is 1. The van der Waals surface area contributed by atoms with E-state index in [0.717, 1.165) is 44.5 Å². The molecule has 5 heteroatoms. The second kappa shape index (κ2) is 7.92. The van der Waals surface area contributed by atoms with Gasteiger partial charge in [-0.3, -0.25) is 9.69 Å². The standard InChI is InChI=1S/C22H23FN2O2/c23-18-9-7-16(8-10-18)17-11-14-25(15-12-17)13-3-6-21-24-22(26)19-4-1-2-5-20(19)27-21/h1-2,4-5,7-11,21H,3,6,12-15H2,(H,24,26). The van der Waals surface area contributed by atoms with E-state index in [4.69, 9.17) is 4.74 Å². The van der Waals surface area contributed by atoms with Gasteiger partial charge in [-0.05, 0) is 54.8 Å². The monoisotopic (exact) mass is 366 g/mol. The van der Waals surface area contributed by atoms with Crippen LogP contribution < -0.4 is 10.1 Å². The summed E-state index contributed by atoms with van der Waals surface area (Å²) >= 11 is 0. The maximum Gasteiger partial charge on any atom is 0.257 e. The van der Waals surface area contributed by atoms with Crippen molar-refractivity contribution >= 4 is 11.5 Å². The summed E-state index contributed by atoms with van der Waals surface area (Å²) in [6.45, 7) is 2.85. The van der Waals surface area contributed by atoms with Gasteiger partial charge in [0.25, 0.3) is 5.91 Å². The Morgan fingerprint density at radius 3 is 2.74 bits per heavy atom. The second-order valence-electron chi connectivity index (χ2n) is 7.01. The number of rotatable bonds is 5. The number of hydrogen-bond donors (Lipinski definition) is 1. The van der Waals surface area contributed by atoms with Gasteiger partial charge in [0, 0.05) is 19.5 Å². The number of fused-ring (bicyclic) bond motifs is 1. The lowest BCUT2D eigenvalue weighted by atomic mass is 9.99. The lowest BCUT2D eigenvalue weighted by Gasteiger charge is -2.29. The van der Waals surface area contributed by atoms with Gasteiger partial charge in [-0.1, -0.05) is 30.3 Å². The number of carbonyl (C=O) groups is 1. The minimum absolute atomic E-state index is 0.0632. The maximum atomic E-state index is 13.1. The summed E-state index contributed by atoms with van der Waals surface area (Å²) in [6, 6.07) is 14.1. The normalized spacial score (nSPS) is 19.7. The molecule has 4 nitrogen and oxygen atoms in total. The quantitative estimate of drug-likeness (QED) is 0.874. The van der Waals surface area contributed by atoms with Gasteiger partial charge < -0.3 is 10.1 Å². The van der Waals surface area contributed by atoms with Crippen LogP contribution in [0.4, 0.5) is 4.39 Å². The van der Waals surface area contributed by atoms with Crippen molar-refractivity contribution in [1.82, 2.24) is 10.2 Å². The minimum atomic E-state index is -0.262.